The van der Waals surface area contributed by atoms with Crippen molar-refractivity contribution in [2.45, 2.75) is 25.6 Å². The van der Waals surface area contributed by atoms with Gasteiger partial charge in [0.2, 0.25) is 5.95 Å². The number of fused-ring (bicyclic) bond motifs is 1. The second-order valence-corrected chi connectivity index (χ2v) is 7.35. The number of anilines is 4. The van der Waals surface area contributed by atoms with Crippen molar-refractivity contribution in [2.75, 3.05) is 35.7 Å². The average molecular weight is 409 g/mol. The van der Waals surface area contributed by atoms with Gasteiger partial charge in [-0.15, -0.1) is 0 Å². The van der Waals surface area contributed by atoms with Gasteiger partial charge in [-0.2, -0.15) is 4.98 Å². The first kappa shape index (κ1) is 20.0. The van der Waals surface area contributed by atoms with E-state index in [2.05, 4.69) is 37.1 Å². The molecule has 0 amide bonds. The van der Waals surface area contributed by atoms with Crippen molar-refractivity contribution in [3.63, 3.8) is 0 Å². The van der Waals surface area contributed by atoms with Crippen LogP contribution in [0.15, 0.2) is 37.3 Å². The molecule has 9 heteroatoms. The van der Waals surface area contributed by atoms with Crippen LogP contribution in [0.5, 0.6) is 0 Å². The number of pyridine rings is 2. The van der Waals surface area contributed by atoms with Crippen LogP contribution in [-0.4, -0.2) is 57.5 Å². The molecule has 0 radical (unpaired) electrons. The summed E-state index contributed by atoms with van der Waals surface area (Å²) in [5, 5.41) is 17.7. The van der Waals surface area contributed by atoms with Crippen molar-refractivity contribution in [3.8, 4) is 0 Å². The summed E-state index contributed by atoms with van der Waals surface area (Å²) < 4.78 is 13.9. The lowest BCUT2D eigenvalue weighted by Crippen LogP contribution is -2.45. The van der Waals surface area contributed by atoms with Gasteiger partial charge in [-0.25, -0.2) is 19.3 Å². The van der Waals surface area contributed by atoms with Crippen LogP contribution < -0.4 is 15.5 Å². The van der Waals surface area contributed by atoms with Gasteiger partial charge < -0.3 is 20.6 Å². The molecule has 1 saturated heterocycles. The minimum absolute atomic E-state index is 0.0701. The molecular weight excluding hydrogens is 385 g/mol. The van der Waals surface area contributed by atoms with Gasteiger partial charge in [-0.3, -0.25) is 0 Å². The van der Waals surface area contributed by atoms with E-state index in [0.29, 0.717) is 30.5 Å². The van der Waals surface area contributed by atoms with E-state index in [1.54, 1.807) is 29.6 Å². The van der Waals surface area contributed by atoms with Crippen LogP contribution in [0, 0.1) is 0 Å². The molecule has 8 nitrogen and oxygen atoms in total. The molecule has 1 fully saturated rings. The first-order valence-electron chi connectivity index (χ1n) is 9.76. The Hall–Kier alpha value is -3.33. The van der Waals surface area contributed by atoms with E-state index in [1.807, 2.05) is 20.0 Å². The first-order valence-corrected chi connectivity index (χ1v) is 9.76. The van der Waals surface area contributed by atoms with Crippen LogP contribution in [0.4, 0.5) is 27.8 Å². The van der Waals surface area contributed by atoms with Gasteiger partial charge in [0.25, 0.3) is 0 Å². The Balaban J connectivity index is 1.63. The highest BCUT2D eigenvalue weighted by Crippen LogP contribution is 2.30. The molecule has 0 aliphatic carbocycles. The number of aromatic nitrogens is 4. The van der Waals surface area contributed by atoms with Crippen molar-refractivity contribution in [1.82, 2.24) is 19.9 Å². The van der Waals surface area contributed by atoms with Gasteiger partial charge >= 0.3 is 0 Å². The van der Waals surface area contributed by atoms with E-state index in [9.17, 15) is 9.50 Å². The lowest BCUT2D eigenvalue weighted by atomic mass is 10.0. The van der Waals surface area contributed by atoms with E-state index >= 15 is 0 Å². The predicted octanol–water partition coefficient (Wildman–Crippen LogP) is 3.15. The van der Waals surface area contributed by atoms with Crippen LogP contribution in [0.2, 0.25) is 0 Å². The first-order chi connectivity index (χ1) is 14.5. The summed E-state index contributed by atoms with van der Waals surface area (Å²) in [6.07, 6.45) is 3.28. The standard InChI is InChI=1S/C21H24FN7O/c1-12(2)14-9-26-20(23-3)15-10-25-19(8-13(14)15)27-18-4-6-24-21(28-18)29-7-5-17(30)16(22)11-29/h4,6,8-10,16-17,30H,1,5,7,11H2,2-3H3,(H,23,26)(H,24,25,27,28). The number of hydrogen-bond acceptors (Lipinski definition) is 8. The number of nitrogens with one attached hydrogen (secondary N) is 2. The van der Waals surface area contributed by atoms with E-state index in [1.165, 1.54) is 0 Å². The van der Waals surface area contributed by atoms with Gasteiger partial charge in [-0.05, 0) is 36.4 Å². The monoisotopic (exact) mass is 409 g/mol. The second kappa shape index (κ2) is 8.19. The maximum absolute atomic E-state index is 13.9. The maximum atomic E-state index is 13.9. The third-order valence-corrected chi connectivity index (χ3v) is 5.16. The molecule has 30 heavy (non-hydrogen) atoms. The third-order valence-electron chi connectivity index (χ3n) is 5.16. The topological polar surface area (TPSA) is 99.1 Å². The third kappa shape index (κ3) is 3.88. The number of piperidine rings is 1. The average Bonchev–Trinajstić information content (AvgIpc) is 2.74. The summed E-state index contributed by atoms with van der Waals surface area (Å²) in [5.74, 6) is 2.32. The molecular formula is C21H24FN7O. The summed E-state index contributed by atoms with van der Waals surface area (Å²) in [6, 6.07) is 3.66. The Morgan fingerprint density at radius 2 is 2.07 bits per heavy atom. The fourth-order valence-electron chi connectivity index (χ4n) is 3.52. The highest BCUT2D eigenvalue weighted by molar-refractivity contribution is 5.99. The molecule has 3 N–H and O–H groups in total. The number of aliphatic hydroxyl groups is 1. The molecule has 0 bridgehead atoms. The predicted molar refractivity (Wildman–Crippen MR) is 117 cm³/mol. The van der Waals surface area contributed by atoms with E-state index in [4.69, 9.17) is 0 Å². The van der Waals surface area contributed by atoms with Gasteiger partial charge in [0.05, 0.1) is 12.6 Å². The SMILES string of the molecule is C=C(C)c1cnc(NC)c2cnc(Nc3ccnc(N4CCC(O)C(F)C4)n3)cc12. The zero-order valence-electron chi connectivity index (χ0n) is 16.9. The van der Waals surface area contributed by atoms with E-state index in [0.717, 1.165) is 27.7 Å². The summed E-state index contributed by atoms with van der Waals surface area (Å²) in [5.41, 5.74) is 1.85. The maximum Gasteiger partial charge on any atom is 0.227 e. The second-order valence-electron chi connectivity index (χ2n) is 7.35. The van der Waals surface area contributed by atoms with Crippen molar-refractivity contribution < 1.29 is 9.50 Å². The van der Waals surface area contributed by atoms with Crippen LogP contribution in [-0.2, 0) is 0 Å². The quantitative estimate of drug-likeness (QED) is 0.591. The summed E-state index contributed by atoms with van der Waals surface area (Å²) in [7, 11) is 1.82. The zero-order valence-corrected chi connectivity index (χ0v) is 16.9. The molecule has 2 unspecified atom stereocenters. The van der Waals surface area contributed by atoms with Crippen molar-refractivity contribution in [3.05, 3.63) is 42.9 Å². The molecule has 0 aromatic carbocycles. The number of hydrogen-bond donors (Lipinski definition) is 3. The molecule has 2 atom stereocenters. The lowest BCUT2D eigenvalue weighted by molar-refractivity contribution is 0.0612. The minimum atomic E-state index is -1.31. The summed E-state index contributed by atoms with van der Waals surface area (Å²) >= 11 is 0. The van der Waals surface area contributed by atoms with Gasteiger partial charge in [0.15, 0.2) is 0 Å². The fourth-order valence-corrected chi connectivity index (χ4v) is 3.52. The van der Waals surface area contributed by atoms with Crippen LogP contribution in [0.1, 0.15) is 18.9 Å². The molecule has 0 spiro atoms. The number of halogens is 1. The molecule has 156 valence electrons. The Bertz CT molecular complexity index is 1090. The molecule has 3 aromatic heterocycles. The fraction of sp³-hybridized carbons (Fsp3) is 0.333. The van der Waals surface area contributed by atoms with E-state index < -0.39 is 12.3 Å². The summed E-state index contributed by atoms with van der Waals surface area (Å²) in [4.78, 5) is 19.4. The highest BCUT2D eigenvalue weighted by atomic mass is 19.1. The van der Waals surface area contributed by atoms with Crippen molar-refractivity contribution in [1.29, 1.82) is 0 Å². The number of aliphatic hydroxyl groups excluding tert-OH is 1. The number of allylic oxidation sites excluding steroid dienone is 1. The Kier molecular flexibility index (Phi) is 5.45. The van der Waals surface area contributed by atoms with Gasteiger partial charge in [0.1, 0.15) is 23.6 Å². The summed E-state index contributed by atoms with van der Waals surface area (Å²) in [6.45, 7) is 6.55. The largest absolute Gasteiger partial charge is 0.390 e. The highest BCUT2D eigenvalue weighted by Gasteiger charge is 2.28. The van der Waals surface area contributed by atoms with Gasteiger partial charge in [0, 0.05) is 43.1 Å². The molecule has 0 saturated carbocycles. The lowest BCUT2D eigenvalue weighted by Gasteiger charge is -2.32. The Morgan fingerprint density at radius 1 is 1.23 bits per heavy atom. The Labute approximate surface area is 173 Å². The van der Waals surface area contributed by atoms with Crippen molar-refractivity contribution >= 4 is 39.7 Å². The van der Waals surface area contributed by atoms with Crippen LogP contribution in [0.25, 0.3) is 16.3 Å². The number of nitrogens with zero attached hydrogens (tertiary/aromatic N) is 5. The number of rotatable bonds is 5. The molecule has 1 aliphatic heterocycles. The van der Waals surface area contributed by atoms with E-state index in [-0.39, 0.29) is 6.54 Å². The molecule has 4 heterocycles. The van der Waals surface area contributed by atoms with Crippen LogP contribution >= 0.6 is 0 Å². The number of alkyl halides is 1. The minimum Gasteiger partial charge on any atom is -0.390 e. The normalized spacial score (nSPS) is 19.0. The zero-order chi connectivity index (χ0) is 21.3. The molecule has 1 aliphatic rings. The van der Waals surface area contributed by atoms with Gasteiger partial charge in [-0.1, -0.05) is 6.58 Å². The molecule has 4 rings (SSSR count). The smallest absolute Gasteiger partial charge is 0.227 e. The Morgan fingerprint density at radius 3 is 2.80 bits per heavy atom. The molecule has 3 aromatic rings. The van der Waals surface area contributed by atoms with Crippen LogP contribution in [0.3, 0.4) is 0 Å². The van der Waals surface area contributed by atoms with Crippen molar-refractivity contribution in [2.24, 2.45) is 0 Å².